The predicted octanol–water partition coefficient (Wildman–Crippen LogP) is 2.61. The third kappa shape index (κ3) is 4.83. The van der Waals surface area contributed by atoms with Crippen molar-refractivity contribution in [1.29, 1.82) is 0 Å². The van der Waals surface area contributed by atoms with Gasteiger partial charge in [0.2, 0.25) is 11.8 Å². The summed E-state index contributed by atoms with van der Waals surface area (Å²) in [5.41, 5.74) is 2.03. The lowest BCUT2D eigenvalue weighted by Gasteiger charge is -2.10. The fourth-order valence-electron chi connectivity index (χ4n) is 2.72. The Morgan fingerprint density at radius 1 is 1.14 bits per heavy atom. The molecule has 0 aliphatic rings. The molecule has 0 radical (unpaired) electrons. The van der Waals surface area contributed by atoms with Gasteiger partial charge in [-0.1, -0.05) is 28.1 Å². The quantitative estimate of drug-likeness (QED) is 0.613. The van der Waals surface area contributed by atoms with Crippen LogP contribution in [0.2, 0.25) is 0 Å². The number of aromatic nitrogens is 2. The van der Waals surface area contributed by atoms with E-state index in [1.807, 2.05) is 25.1 Å². The van der Waals surface area contributed by atoms with Crippen molar-refractivity contribution in [3.05, 3.63) is 69.2 Å². The molecule has 0 aliphatic carbocycles. The largest absolute Gasteiger partial charge is 0.347 e. The van der Waals surface area contributed by atoms with E-state index in [0.29, 0.717) is 16.6 Å². The van der Waals surface area contributed by atoms with Gasteiger partial charge in [-0.2, -0.15) is 0 Å². The van der Waals surface area contributed by atoms with Gasteiger partial charge in [-0.15, -0.1) is 0 Å². The van der Waals surface area contributed by atoms with Gasteiger partial charge >= 0.3 is 0 Å². The van der Waals surface area contributed by atoms with Crippen LogP contribution in [0.15, 0.2) is 58.1 Å². The van der Waals surface area contributed by atoms with Gasteiger partial charge < -0.3 is 10.6 Å². The molecule has 28 heavy (non-hydrogen) atoms. The molecule has 3 aromatic rings. The first-order valence-corrected chi connectivity index (χ1v) is 9.50. The molecule has 0 fully saturated rings. The van der Waals surface area contributed by atoms with E-state index < -0.39 is 0 Å². The highest BCUT2D eigenvalue weighted by molar-refractivity contribution is 9.10. The van der Waals surface area contributed by atoms with E-state index >= 15 is 0 Å². The van der Waals surface area contributed by atoms with Crippen LogP contribution in [0, 0.1) is 6.92 Å². The zero-order chi connectivity index (χ0) is 20.1. The molecule has 144 valence electrons. The summed E-state index contributed by atoms with van der Waals surface area (Å²) in [6.45, 7) is 1.93. The van der Waals surface area contributed by atoms with Crippen LogP contribution >= 0.6 is 15.9 Å². The maximum atomic E-state index is 12.4. The summed E-state index contributed by atoms with van der Waals surface area (Å²) in [4.78, 5) is 40.7. The molecular weight excluding hydrogens is 424 g/mol. The van der Waals surface area contributed by atoms with E-state index in [4.69, 9.17) is 0 Å². The van der Waals surface area contributed by atoms with Gasteiger partial charge in [-0.3, -0.25) is 19.0 Å². The Hall–Kier alpha value is -3.00. The monoisotopic (exact) mass is 442 g/mol. The molecule has 2 N–H and O–H groups in total. The average Bonchev–Trinajstić information content (AvgIpc) is 2.68. The first-order chi connectivity index (χ1) is 13.4. The lowest BCUT2D eigenvalue weighted by atomic mass is 10.2. The first-order valence-electron chi connectivity index (χ1n) is 8.71. The van der Waals surface area contributed by atoms with E-state index in [0.717, 1.165) is 10.0 Å². The summed E-state index contributed by atoms with van der Waals surface area (Å²) in [6.07, 6.45) is 1.51. The van der Waals surface area contributed by atoms with Gasteiger partial charge in [0, 0.05) is 23.1 Å². The second kappa shape index (κ2) is 8.79. The molecule has 0 unspecified atom stereocenters. The van der Waals surface area contributed by atoms with E-state index in [1.165, 1.54) is 10.9 Å². The highest BCUT2D eigenvalue weighted by Crippen LogP contribution is 2.19. The highest BCUT2D eigenvalue weighted by atomic mass is 79.9. The molecule has 0 bridgehead atoms. The molecule has 0 saturated carbocycles. The number of nitrogens with one attached hydrogen (secondary N) is 2. The van der Waals surface area contributed by atoms with E-state index in [-0.39, 0.29) is 36.9 Å². The minimum atomic E-state index is -0.317. The lowest BCUT2D eigenvalue weighted by molar-refractivity contribution is -0.124. The Balaban J connectivity index is 1.51. The maximum Gasteiger partial charge on any atom is 0.261 e. The molecular formula is C20H19BrN4O3. The number of anilines is 1. The predicted molar refractivity (Wildman–Crippen MR) is 111 cm³/mol. The molecule has 2 aromatic carbocycles. The van der Waals surface area contributed by atoms with Gasteiger partial charge in [0.05, 0.1) is 23.8 Å². The molecule has 3 rings (SSSR count). The molecule has 7 nitrogen and oxygen atoms in total. The number of amides is 2. The summed E-state index contributed by atoms with van der Waals surface area (Å²) in [5.74, 6) is -0.633. The Bertz CT molecular complexity index is 1090. The van der Waals surface area contributed by atoms with Crippen molar-refractivity contribution in [2.75, 3.05) is 11.9 Å². The highest BCUT2D eigenvalue weighted by Gasteiger charge is 2.09. The molecule has 0 saturated heterocycles. The number of rotatable bonds is 6. The third-order valence-electron chi connectivity index (χ3n) is 4.22. The topological polar surface area (TPSA) is 93.1 Å². The summed E-state index contributed by atoms with van der Waals surface area (Å²) >= 11 is 3.37. The lowest BCUT2D eigenvalue weighted by Crippen LogP contribution is -2.34. The van der Waals surface area contributed by atoms with Gasteiger partial charge in [0.25, 0.3) is 5.56 Å². The molecule has 1 aromatic heterocycles. The third-order valence-corrected chi connectivity index (χ3v) is 4.71. The molecule has 1 heterocycles. The number of hydrogen-bond donors (Lipinski definition) is 2. The van der Waals surface area contributed by atoms with Crippen molar-refractivity contribution in [1.82, 2.24) is 14.9 Å². The normalized spacial score (nSPS) is 10.6. The Morgan fingerprint density at radius 2 is 1.93 bits per heavy atom. The zero-order valence-electron chi connectivity index (χ0n) is 15.2. The molecule has 8 heteroatoms. The first kappa shape index (κ1) is 19.8. The van der Waals surface area contributed by atoms with E-state index in [1.54, 1.807) is 24.3 Å². The van der Waals surface area contributed by atoms with E-state index in [9.17, 15) is 14.4 Å². The van der Waals surface area contributed by atoms with Crippen molar-refractivity contribution in [3.63, 3.8) is 0 Å². The zero-order valence-corrected chi connectivity index (χ0v) is 16.8. The van der Waals surface area contributed by atoms with E-state index in [2.05, 4.69) is 31.5 Å². The summed E-state index contributed by atoms with van der Waals surface area (Å²) in [5, 5.41) is 5.83. The average molecular weight is 443 g/mol. The van der Waals surface area contributed by atoms with Crippen LogP contribution < -0.4 is 16.2 Å². The minimum absolute atomic E-state index is 0.0739. The van der Waals surface area contributed by atoms with Crippen molar-refractivity contribution < 1.29 is 9.59 Å². The summed E-state index contributed by atoms with van der Waals surface area (Å²) in [7, 11) is 0. The number of para-hydroxylation sites is 1. The Kier molecular flexibility index (Phi) is 6.20. The summed E-state index contributed by atoms with van der Waals surface area (Å²) < 4.78 is 2.32. The molecule has 0 atom stereocenters. The number of benzene rings is 2. The second-order valence-corrected chi connectivity index (χ2v) is 7.21. The smallest absolute Gasteiger partial charge is 0.261 e. The maximum absolute atomic E-state index is 12.4. The SMILES string of the molecule is Cc1cc(Br)ccc1NC(=O)CNC(=O)CCn1cnc2ccccc2c1=O. The van der Waals surface area contributed by atoms with Crippen LogP contribution in [0.4, 0.5) is 5.69 Å². The molecule has 0 spiro atoms. The van der Waals surface area contributed by atoms with Crippen LogP contribution in [-0.4, -0.2) is 27.9 Å². The van der Waals surface area contributed by atoms with Crippen molar-refractivity contribution in [2.24, 2.45) is 0 Å². The fraction of sp³-hybridized carbons (Fsp3) is 0.200. The number of nitrogens with zero attached hydrogens (tertiary/aromatic N) is 2. The molecule has 0 aliphatic heterocycles. The number of aryl methyl sites for hydroxylation is 2. The summed E-state index contributed by atoms with van der Waals surface area (Å²) in [6, 6.07) is 12.6. The number of fused-ring (bicyclic) bond motifs is 1. The number of hydrogen-bond acceptors (Lipinski definition) is 4. The van der Waals surface area contributed by atoms with Crippen LogP contribution in [0.25, 0.3) is 10.9 Å². The number of carbonyl (C=O) groups is 2. The van der Waals surface area contributed by atoms with Crippen molar-refractivity contribution >= 4 is 44.3 Å². The fourth-order valence-corrected chi connectivity index (χ4v) is 3.19. The van der Waals surface area contributed by atoms with Crippen LogP contribution in [0.1, 0.15) is 12.0 Å². The Labute approximate surface area is 169 Å². The van der Waals surface area contributed by atoms with Crippen LogP contribution in [0.5, 0.6) is 0 Å². The second-order valence-electron chi connectivity index (χ2n) is 6.29. The number of carbonyl (C=O) groups excluding carboxylic acids is 2. The standard InChI is InChI=1S/C20H19BrN4O3/c1-13-10-14(21)6-7-16(13)24-19(27)11-22-18(26)8-9-25-12-23-17-5-3-2-4-15(17)20(25)28/h2-7,10,12H,8-9,11H2,1H3,(H,22,26)(H,24,27). The molecule has 2 amide bonds. The van der Waals surface area contributed by atoms with Crippen LogP contribution in [-0.2, 0) is 16.1 Å². The van der Waals surface area contributed by atoms with Crippen molar-refractivity contribution in [3.8, 4) is 0 Å². The minimum Gasteiger partial charge on any atom is -0.347 e. The van der Waals surface area contributed by atoms with Gasteiger partial charge in [0.15, 0.2) is 0 Å². The Morgan fingerprint density at radius 3 is 2.71 bits per heavy atom. The van der Waals surface area contributed by atoms with Crippen LogP contribution in [0.3, 0.4) is 0 Å². The van der Waals surface area contributed by atoms with Gasteiger partial charge in [-0.05, 0) is 42.8 Å². The van der Waals surface area contributed by atoms with Gasteiger partial charge in [-0.25, -0.2) is 4.98 Å². The van der Waals surface area contributed by atoms with Gasteiger partial charge in [0.1, 0.15) is 0 Å². The van der Waals surface area contributed by atoms with Crippen molar-refractivity contribution in [2.45, 2.75) is 19.9 Å². The number of halogens is 1.